The second kappa shape index (κ2) is 3.78. The average Bonchev–Trinajstić information content (AvgIpc) is 2.40. The lowest BCUT2D eigenvalue weighted by Gasteiger charge is -2.08. The van der Waals surface area contributed by atoms with Crippen molar-refractivity contribution in [3.8, 4) is 0 Å². The Labute approximate surface area is 64.3 Å². The van der Waals surface area contributed by atoms with E-state index in [0.717, 1.165) is 12.8 Å². The van der Waals surface area contributed by atoms with E-state index in [0.29, 0.717) is 6.61 Å². The maximum absolute atomic E-state index is 10.5. The first-order valence-electron chi connectivity index (χ1n) is 3.20. The van der Waals surface area contributed by atoms with Gasteiger partial charge < -0.3 is 9.47 Å². The van der Waals surface area contributed by atoms with Crippen LogP contribution >= 0.6 is 11.6 Å². The lowest BCUT2D eigenvalue weighted by atomic mass is 10.4. The van der Waals surface area contributed by atoms with Gasteiger partial charge in [-0.3, -0.25) is 4.79 Å². The average molecular weight is 165 g/mol. The maximum Gasteiger partial charge on any atom is 0.323 e. The second-order valence-corrected chi connectivity index (χ2v) is 2.33. The molecule has 1 rings (SSSR count). The number of carbonyl (C=O) groups is 1. The van der Waals surface area contributed by atoms with Crippen LogP contribution in [0.2, 0.25) is 0 Å². The molecule has 0 saturated carbocycles. The fourth-order valence-corrected chi connectivity index (χ4v) is 0.882. The number of hydrogen-bond donors (Lipinski definition) is 0. The molecule has 10 heavy (non-hydrogen) atoms. The maximum atomic E-state index is 10.5. The van der Waals surface area contributed by atoms with Gasteiger partial charge in [-0.25, -0.2) is 0 Å². The molecule has 0 bridgehead atoms. The molecule has 1 aliphatic heterocycles. The molecule has 0 amide bonds. The van der Waals surface area contributed by atoms with Gasteiger partial charge in [0.1, 0.15) is 5.88 Å². The van der Waals surface area contributed by atoms with Crippen LogP contribution in [0, 0.1) is 0 Å². The highest BCUT2D eigenvalue weighted by atomic mass is 35.5. The number of esters is 1. The van der Waals surface area contributed by atoms with Crippen LogP contribution in [0.5, 0.6) is 0 Å². The molecule has 0 aliphatic carbocycles. The standard InChI is InChI=1S/C6H9ClO3/c7-4-5(8)10-6-2-1-3-9-6/h6H,1-4H2. The van der Waals surface area contributed by atoms with Crippen molar-refractivity contribution < 1.29 is 14.3 Å². The van der Waals surface area contributed by atoms with E-state index in [2.05, 4.69) is 0 Å². The summed E-state index contributed by atoms with van der Waals surface area (Å²) in [5.41, 5.74) is 0. The quantitative estimate of drug-likeness (QED) is 0.450. The normalized spacial score (nSPS) is 24.7. The van der Waals surface area contributed by atoms with Gasteiger partial charge in [0.05, 0.1) is 6.61 Å². The Kier molecular flexibility index (Phi) is 2.96. The zero-order chi connectivity index (χ0) is 7.40. The molecule has 1 fully saturated rings. The third-order valence-corrected chi connectivity index (χ3v) is 1.48. The van der Waals surface area contributed by atoms with E-state index in [-0.39, 0.29) is 12.2 Å². The lowest BCUT2D eigenvalue weighted by molar-refractivity contribution is -0.166. The summed E-state index contributed by atoms with van der Waals surface area (Å²) in [6.45, 7) is 0.681. The molecule has 1 saturated heterocycles. The Morgan fingerprint density at radius 1 is 1.80 bits per heavy atom. The summed E-state index contributed by atoms with van der Waals surface area (Å²) >= 11 is 5.20. The molecular weight excluding hydrogens is 156 g/mol. The monoisotopic (exact) mass is 164 g/mol. The van der Waals surface area contributed by atoms with E-state index in [1.165, 1.54) is 0 Å². The van der Waals surface area contributed by atoms with E-state index in [9.17, 15) is 4.79 Å². The molecule has 3 nitrogen and oxygen atoms in total. The van der Waals surface area contributed by atoms with Gasteiger partial charge >= 0.3 is 5.97 Å². The van der Waals surface area contributed by atoms with Crippen molar-refractivity contribution in [1.29, 1.82) is 0 Å². The number of halogens is 1. The van der Waals surface area contributed by atoms with Gasteiger partial charge in [-0.2, -0.15) is 0 Å². The number of carbonyl (C=O) groups excluding carboxylic acids is 1. The van der Waals surface area contributed by atoms with E-state index in [4.69, 9.17) is 21.1 Å². The molecule has 1 unspecified atom stereocenters. The highest BCUT2D eigenvalue weighted by Gasteiger charge is 2.18. The zero-order valence-corrected chi connectivity index (χ0v) is 6.26. The zero-order valence-electron chi connectivity index (χ0n) is 5.51. The predicted octanol–water partition coefficient (Wildman–Crippen LogP) is 0.905. The molecule has 4 heteroatoms. The predicted molar refractivity (Wildman–Crippen MR) is 35.8 cm³/mol. The van der Waals surface area contributed by atoms with Crippen LogP contribution in [-0.4, -0.2) is 24.7 Å². The minimum Gasteiger partial charge on any atom is -0.435 e. The number of ether oxygens (including phenoxy) is 2. The van der Waals surface area contributed by atoms with Gasteiger partial charge in [-0.15, -0.1) is 11.6 Å². The summed E-state index contributed by atoms with van der Waals surface area (Å²) in [7, 11) is 0. The molecule has 0 radical (unpaired) electrons. The summed E-state index contributed by atoms with van der Waals surface area (Å²) in [5, 5.41) is 0. The highest BCUT2D eigenvalue weighted by molar-refractivity contribution is 6.26. The van der Waals surface area contributed by atoms with Gasteiger partial charge in [0.25, 0.3) is 0 Å². The van der Waals surface area contributed by atoms with Gasteiger partial charge in [0.15, 0.2) is 0 Å². The summed E-state index contributed by atoms with van der Waals surface area (Å²) in [6, 6.07) is 0. The van der Waals surface area contributed by atoms with Crippen LogP contribution in [0.1, 0.15) is 12.8 Å². The SMILES string of the molecule is O=C(CCl)OC1CCCO1. The van der Waals surface area contributed by atoms with Crippen molar-refractivity contribution in [2.24, 2.45) is 0 Å². The Morgan fingerprint density at radius 2 is 2.60 bits per heavy atom. The summed E-state index contributed by atoms with van der Waals surface area (Å²) in [4.78, 5) is 10.5. The van der Waals surface area contributed by atoms with Crippen LogP contribution < -0.4 is 0 Å². The Morgan fingerprint density at radius 3 is 3.10 bits per heavy atom. The number of hydrogen-bond acceptors (Lipinski definition) is 3. The van der Waals surface area contributed by atoms with Crippen LogP contribution in [0.3, 0.4) is 0 Å². The smallest absolute Gasteiger partial charge is 0.323 e. The van der Waals surface area contributed by atoms with E-state index in [1.54, 1.807) is 0 Å². The van der Waals surface area contributed by atoms with E-state index in [1.807, 2.05) is 0 Å². The van der Waals surface area contributed by atoms with Gasteiger partial charge in [0, 0.05) is 6.42 Å². The van der Waals surface area contributed by atoms with Crippen molar-refractivity contribution in [3.63, 3.8) is 0 Å². The molecule has 58 valence electrons. The molecule has 0 N–H and O–H groups in total. The fraction of sp³-hybridized carbons (Fsp3) is 0.833. The van der Waals surface area contributed by atoms with E-state index < -0.39 is 5.97 Å². The molecule has 0 aromatic carbocycles. The first kappa shape index (κ1) is 7.82. The van der Waals surface area contributed by atoms with Gasteiger partial charge in [-0.05, 0) is 6.42 Å². The van der Waals surface area contributed by atoms with Crippen LogP contribution in [0.15, 0.2) is 0 Å². The minimum absolute atomic E-state index is 0.0974. The molecule has 1 atom stereocenters. The largest absolute Gasteiger partial charge is 0.435 e. The summed E-state index contributed by atoms with van der Waals surface area (Å²) in [6.07, 6.45) is 1.41. The first-order valence-corrected chi connectivity index (χ1v) is 3.73. The van der Waals surface area contributed by atoms with Crippen LogP contribution in [0.25, 0.3) is 0 Å². The number of alkyl halides is 1. The Hall–Kier alpha value is -0.280. The van der Waals surface area contributed by atoms with Crippen molar-refractivity contribution in [1.82, 2.24) is 0 Å². The highest BCUT2D eigenvalue weighted by Crippen LogP contribution is 2.12. The van der Waals surface area contributed by atoms with Gasteiger partial charge in [0.2, 0.25) is 6.29 Å². The fourth-order valence-electron chi connectivity index (χ4n) is 0.819. The second-order valence-electron chi connectivity index (χ2n) is 2.07. The van der Waals surface area contributed by atoms with Crippen LogP contribution in [0.4, 0.5) is 0 Å². The molecule has 0 aromatic rings. The van der Waals surface area contributed by atoms with Crippen molar-refractivity contribution in [2.75, 3.05) is 12.5 Å². The molecule has 1 heterocycles. The van der Waals surface area contributed by atoms with Crippen molar-refractivity contribution in [2.45, 2.75) is 19.1 Å². The number of rotatable bonds is 2. The third-order valence-electron chi connectivity index (χ3n) is 1.26. The molecule has 0 aromatic heterocycles. The molecule has 1 aliphatic rings. The van der Waals surface area contributed by atoms with Crippen LogP contribution in [-0.2, 0) is 14.3 Å². The molecule has 0 spiro atoms. The summed E-state index contributed by atoms with van der Waals surface area (Å²) in [5.74, 6) is -0.506. The lowest BCUT2D eigenvalue weighted by Crippen LogP contribution is -2.17. The van der Waals surface area contributed by atoms with Gasteiger partial charge in [-0.1, -0.05) is 0 Å². The third kappa shape index (κ3) is 2.15. The van der Waals surface area contributed by atoms with E-state index >= 15 is 0 Å². The van der Waals surface area contributed by atoms with Crippen molar-refractivity contribution >= 4 is 17.6 Å². The Bertz CT molecular complexity index is 120. The minimum atomic E-state index is -0.409. The Balaban J connectivity index is 2.17. The summed E-state index contributed by atoms with van der Waals surface area (Å²) < 4.78 is 9.79. The first-order chi connectivity index (χ1) is 4.83. The van der Waals surface area contributed by atoms with Crippen molar-refractivity contribution in [3.05, 3.63) is 0 Å². The molecular formula is C6H9ClO3. The topological polar surface area (TPSA) is 35.5 Å².